The number of hydrogen-bond acceptors (Lipinski definition) is 6. The predicted molar refractivity (Wildman–Crippen MR) is 168 cm³/mol. The molecule has 3 saturated heterocycles. The van der Waals surface area contributed by atoms with Crippen LogP contribution in [0.4, 0.5) is 0 Å². The maximum Gasteiger partial charge on any atom is 0.159 e. The lowest BCUT2D eigenvalue weighted by atomic mass is 9.72. The Morgan fingerprint density at radius 3 is 2.24 bits per heavy atom. The minimum atomic E-state index is -0.469. The fourth-order valence-electron chi connectivity index (χ4n) is 6.55. The van der Waals surface area contributed by atoms with E-state index in [0.717, 1.165) is 76.1 Å². The normalized spacial score (nSPS) is 21.8. The average Bonchev–Trinajstić information content (AvgIpc) is 3.08. The zero-order chi connectivity index (χ0) is 28.9. The van der Waals surface area contributed by atoms with Crippen molar-refractivity contribution in [2.45, 2.75) is 38.3 Å². The molecule has 3 unspecified atom stereocenters. The first kappa shape index (κ1) is 28.0. The topological polar surface area (TPSA) is 71.4 Å². The van der Waals surface area contributed by atoms with E-state index < -0.39 is 6.10 Å². The molecule has 214 valence electrons. The summed E-state index contributed by atoms with van der Waals surface area (Å²) in [5, 5.41) is 12.2. The second-order valence-electron chi connectivity index (χ2n) is 11.3. The molecule has 3 aliphatic heterocycles. The highest BCUT2D eigenvalue weighted by molar-refractivity contribution is 5.84. The zero-order valence-corrected chi connectivity index (χ0v) is 24.3. The fourth-order valence-corrected chi connectivity index (χ4v) is 6.55. The lowest BCUT2D eigenvalue weighted by molar-refractivity contribution is -0.0562. The Kier molecular flexibility index (Phi) is 8.54. The molecule has 5 aromatic rings. The van der Waals surface area contributed by atoms with Gasteiger partial charge in [-0.05, 0) is 66.6 Å². The van der Waals surface area contributed by atoms with E-state index in [9.17, 15) is 5.11 Å². The van der Waals surface area contributed by atoms with Crippen molar-refractivity contribution in [1.29, 1.82) is 0 Å². The van der Waals surface area contributed by atoms with E-state index in [-0.39, 0.29) is 6.04 Å². The molecule has 2 aromatic heterocycles. The highest BCUT2D eigenvalue weighted by Gasteiger charge is 2.42. The molecule has 3 fully saturated rings. The van der Waals surface area contributed by atoms with Crippen LogP contribution in [0.3, 0.4) is 0 Å². The van der Waals surface area contributed by atoms with Crippen LogP contribution < -0.4 is 4.74 Å². The Hall–Kier alpha value is -4.13. The van der Waals surface area contributed by atoms with Gasteiger partial charge in [-0.3, -0.25) is 9.88 Å². The van der Waals surface area contributed by atoms with Gasteiger partial charge in [0, 0.05) is 47.7 Å². The van der Waals surface area contributed by atoms with Crippen molar-refractivity contribution in [3.8, 4) is 28.3 Å². The largest absolute Gasteiger partial charge is 0.497 e. The van der Waals surface area contributed by atoms with E-state index in [4.69, 9.17) is 4.74 Å². The van der Waals surface area contributed by atoms with E-state index in [1.165, 1.54) is 12.8 Å². The third-order valence-corrected chi connectivity index (χ3v) is 8.92. The maximum atomic E-state index is 11.2. The van der Waals surface area contributed by atoms with Crippen LogP contribution in [0.5, 0.6) is 5.75 Å². The van der Waals surface area contributed by atoms with E-state index in [2.05, 4.69) is 38.9 Å². The Bertz CT molecular complexity index is 1540. The van der Waals surface area contributed by atoms with Crippen LogP contribution in [-0.2, 0) is 0 Å². The van der Waals surface area contributed by atoms with Gasteiger partial charge in [0.15, 0.2) is 5.82 Å². The molecule has 0 aliphatic carbocycles. The third kappa shape index (κ3) is 5.91. The Balaban J connectivity index is 0.000000157. The van der Waals surface area contributed by atoms with E-state index >= 15 is 0 Å². The van der Waals surface area contributed by atoms with Gasteiger partial charge in [0.1, 0.15) is 5.75 Å². The minimum Gasteiger partial charge on any atom is -0.497 e. The molecule has 6 nitrogen and oxygen atoms in total. The molecular formula is C36H38N4O2. The Morgan fingerprint density at radius 2 is 1.60 bits per heavy atom. The molecule has 3 aromatic carbocycles. The molecule has 2 bridgehead atoms. The maximum absolute atomic E-state index is 11.2. The standard InChI is InChI=1S/C20H26N2O2.C16H12N2/c1-3-13-12-22-9-7-14(13)10-19(22)20(23)16-6-8-21-18-5-4-15(24-2)11-17(16)18;1-3-7-13(8-4-1)15-11-17-16(18-12-15)14-9-5-2-6-10-14/h4-6,8,11,13-14,19-20,23H,3,7,9-10,12H2,1-2H3;1-12H/t13-,14?,19+,20?;/m1./s1. The van der Waals surface area contributed by atoms with E-state index in [1.807, 2.05) is 85.2 Å². The highest BCUT2D eigenvalue weighted by atomic mass is 16.5. The summed E-state index contributed by atoms with van der Waals surface area (Å²) in [6, 6.07) is 28.2. The summed E-state index contributed by atoms with van der Waals surface area (Å²) in [5.41, 5.74) is 5.10. The smallest absolute Gasteiger partial charge is 0.159 e. The number of benzene rings is 3. The molecule has 0 amide bonds. The van der Waals surface area contributed by atoms with Crippen LogP contribution in [-0.4, -0.2) is 51.2 Å². The first-order chi connectivity index (χ1) is 20.6. The van der Waals surface area contributed by atoms with E-state index in [1.54, 1.807) is 13.3 Å². The summed E-state index contributed by atoms with van der Waals surface area (Å²) in [4.78, 5) is 15.8. The lowest BCUT2D eigenvalue weighted by Crippen LogP contribution is -2.55. The first-order valence-electron chi connectivity index (χ1n) is 14.9. The van der Waals surface area contributed by atoms with Gasteiger partial charge in [-0.25, -0.2) is 9.97 Å². The lowest BCUT2D eigenvalue weighted by Gasteiger charge is -2.51. The van der Waals surface area contributed by atoms with Crippen molar-refractivity contribution < 1.29 is 9.84 Å². The van der Waals surface area contributed by atoms with Gasteiger partial charge in [-0.15, -0.1) is 0 Å². The van der Waals surface area contributed by atoms with Crippen molar-refractivity contribution in [2.75, 3.05) is 20.2 Å². The summed E-state index contributed by atoms with van der Waals surface area (Å²) in [7, 11) is 1.67. The zero-order valence-electron chi connectivity index (χ0n) is 24.3. The second-order valence-corrected chi connectivity index (χ2v) is 11.3. The van der Waals surface area contributed by atoms with Crippen LogP contribution in [0.1, 0.15) is 37.9 Å². The number of fused-ring (bicyclic) bond motifs is 4. The summed E-state index contributed by atoms with van der Waals surface area (Å²) in [6.07, 6.45) is 8.70. The number of aliphatic hydroxyl groups excluding tert-OH is 1. The van der Waals surface area contributed by atoms with Gasteiger partial charge >= 0.3 is 0 Å². The number of nitrogens with zero attached hydrogens (tertiary/aromatic N) is 4. The quantitative estimate of drug-likeness (QED) is 0.238. The number of hydrogen-bond donors (Lipinski definition) is 1. The molecule has 3 aliphatic rings. The third-order valence-electron chi connectivity index (χ3n) is 8.92. The molecule has 0 radical (unpaired) electrons. The molecule has 1 N–H and O–H groups in total. The number of aromatic nitrogens is 3. The monoisotopic (exact) mass is 558 g/mol. The van der Waals surface area contributed by atoms with Crippen molar-refractivity contribution in [3.63, 3.8) is 0 Å². The van der Waals surface area contributed by atoms with Crippen LogP contribution in [0, 0.1) is 11.8 Å². The van der Waals surface area contributed by atoms with Gasteiger partial charge in [0.25, 0.3) is 0 Å². The molecule has 0 saturated carbocycles. The van der Waals surface area contributed by atoms with Crippen LogP contribution in [0.2, 0.25) is 0 Å². The van der Waals surface area contributed by atoms with Crippen LogP contribution >= 0.6 is 0 Å². The number of aliphatic hydroxyl groups is 1. The Morgan fingerprint density at radius 1 is 0.881 bits per heavy atom. The average molecular weight is 559 g/mol. The van der Waals surface area contributed by atoms with E-state index in [0.29, 0.717) is 0 Å². The molecule has 0 spiro atoms. The molecule has 6 heteroatoms. The van der Waals surface area contributed by atoms with Crippen molar-refractivity contribution in [3.05, 3.63) is 109 Å². The molecular weight excluding hydrogens is 520 g/mol. The van der Waals surface area contributed by atoms with Crippen molar-refractivity contribution >= 4 is 10.9 Å². The number of pyridine rings is 1. The SMILES string of the molecule is CC[C@@H]1CN2CCC1C[C@H]2C(O)c1ccnc2ccc(OC)cc12.c1ccc(-c2cnc(-c3ccccc3)nc2)cc1. The molecule has 5 atom stereocenters. The number of rotatable bonds is 6. The summed E-state index contributed by atoms with van der Waals surface area (Å²) >= 11 is 0. The van der Waals surface area contributed by atoms with Crippen LogP contribution in [0.25, 0.3) is 33.4 Å². The number of piperidine rings is 3. The number of methoxy groups -OCH3 is 1. The van der Waals surface area contributed by atoms with Gasteiger partial charge in [0.2, 0.25) is 0 Å². The van der Waals surface area contributed by atoms with Crippen molar-refractivity contribution in [1.82, 2.24) is 19.9 Å². The minimum absolute atomic E-state index is 0.225. The van der Waals surface area contributed by atoms with Gasteiger partial charge in [-0.1, -0.05) is 74.0 Å². The summed E-state index contributed by atoms with van der Waals surface area (Å²) in [6.45, 7) is 4.55. The fraction of sp³-hybridized carbons (Fsp3) is 0.306. The summed E-state index contributed by atoms with van der Waals surface area (Å²) in [5.74, 6) is 3.13. The number of ether oxygens (including phenoxy) is 1. The predicted octanol–water partition coefficient (Wildman–Crippen LogP) is 7.21. The summed E-state index contributed by atoms with van der Waals surface area (Å²) < 4.78 is 5.36. The van der Waals surface area contributed by atoms with Gasteiger partial charge in [0.05, 0.1) is 18.7 Å². The van der Waals surface area contributed by atoms with Gasteiger partial charge < -0.3 is 9.84 Å². The first-order valence-corrected chi connectivity index (χ1v) is 14.9. The molecule has 8 rings (SSSR count). The molecule has 42 heavy (non-hydrogen) atoms. The second kappa shape index (κ2) is 12.8. The van der Waals surface area contributed by atoms with Gasteiger partial charge in [-0.2, -0.15) is 0 Å². The Labute approximate surface area is 248 Å². The molecule has 5 heterocycles. The van der Waals surface area contributed by atoms with Crippen LogP contribution in [0.15, 0.2) is 104 Å². The highest BCUT2D eigenvalue weighted by Crippen LogP contribution is 2.42. The van der Waals surface area contributed by atoms with Crippen molar-refractivity contribution in [2.24, 2.45) is 11.8 Å².